The maximum atomic E-state index is 9.61. The van der Waals surface area contributed by atoms with Crippen LogP contribution in [0.25, 0.3) is 95.0 Å². The van der Waals surface area contributed by atoms with Crippen LogP contribution in [0.3, 0.4) is 0 Å². The number of aryl methyl sites for hydroxylation is 2. The summed E-state index contributed by atoms with van der Waals surface area (Å²) in [6.07, 6.45) is 0. The van der Waals surface area contributed by atoms with Crippen LogP contribution in [0.2, 0.25) is 0 Å². The zero-order chi connectivity index (χ0) is 41.9. The van der Waals surface area contributed by atoms with Gasteiger partial charge in [-0.05, 0) is 94.8 Å². The van der Waals surface area contributed by atoms with Gasteiger partial charge < -0.3 is 4.57 Å². The first-order valence-electron chi connectivity index (χ1n) is 20.7. The zero-order valence-electron chi connectivity index (χ0n) is 34.6. The summed E-state index contributed by atoms with van der Waals surface area (Å²) in [5.41, 5.74) is 15.5. The molecule has 5 nitrogen and oxygen atoms in total. The molecule has 0 saturated carbocycles. The van der Waals surface area contributed by atoms with Crippen LogP contribution in [-0.4, -0.2) is 19.5 Å². The Morgan fingerprint density at radius 3 is 1.33 bits per heavy atom. The second-order valence-electron chi connectivity index (χ2n) is 14.9. The average Bonchev–Trinajstić information content (AvgIpc) is 3.65. The molecule has 8 aromatic carbocycles. The highest BCUT2D eigenvalue weighted by Gasteiger charge is 2.22. The monoisotopic (exact) mass is 785 g/mol. The molecule has 292 valence electrons. The van der Waals surface area contributed by atoms with Gasteiger partial charge in [0.05, 0.1) is 28.4 Å². The minimum atomic E-state index is 0.569. The van der Waals surface area contributed by atoms with Gasteiger partial charge in [-0.1, -0.05) is 166 Å². The van der Waals surface area contributed by atoms with Crippen LogP contribution in [-0.2, 0) is 0 Å². The minimum Gasteiger partial charge on any atom is -0.308 e. The summed E-state index contributed by atoms with van der Waals surface area (Å²) in [4.78, 5) is 15.5. The summed E-state index contributed by atoms with van der Waals surface area (Å²) in [7, 11) is 0. The van der Waals surface area contributed by atoms with Crippen LogP contribution in [0.1, 0.15) is 30.5 Å². The van der Waals surface area contributed by atoms with E-state index >= 15 is 0 Å². The van der Waals surface area contributed by atoms with Gasteiger partial charge in [0.15, 0.2) is 17.5 Å². The number of hydrogen-bond acceptors (Lipinski definition) is 4. The quantitative estimate of drug-likeness (QED) is 0.161. The molecule has 0 saturated heterocycles. The summed E-state index contributed by atoms with van der Waals surface area (Å²) in [5.74, 6) is 1.77. The Hall–Kier alpha value is -7.94. The van der Waals surface area contributed by atoms with E-state index < -0.39 is 0 Å². The summed E-state index contributed by atoms with van der Waals surface area (Å²) >= 11 is 0. The maximum Gasteiger partial charge on any atom is 0.166 e. The normalized spacial score (nSPS) is 10.9. The van der Waals surface area contributed by atoms with Gasteiger partial charge >= 0.3 is 0 Å². The SMILES string of the molecule is CC.Cc1ccccc1-c1ccc2c3ccc(-c4ccccc4C)cc3n(-c3cc(-c4ccc(C#N)cc4)ccc3-c3nc(-c4ccccc4)nc(-c4ccccc4)n3)c2c1. The summed E-state index contributed by atoms with van der Waals surface area (Å²) in [5, 5.41) is 11.9. The van der Waals surface area contributed by atoms with Crippen LogP contribution in [0.4, 0.5) is 0 Å². The van der Waals surface area contributed by atoms with Crippen LogP contribution in [0.15, 0.2) is 188 Å². The molecule has 2 aromatic heterocycles. The lowest BCUT2D eigenvalue weighted by Gasteiger charge is -2.17. The molecule has 0 radical (unpaired) electrons. The Labute approximate surface area is 356 Å². The van der Waals surface area contributed by atoms with E-state index in [2.05, 4.69) is 128 Å². The van der Waals surface area contributed by atoms with Crippen LogP contribution in [0.5, 0.6) is 0 Å². The van der Waals surface area contributed by atoms with E-state index in [1.165, 1.54) is 22.3 Å². The summed E-state index contributed by atoms with van der Waals surface area (Å²) < 4.78 is 2.39. The highest BCUT2D eigenvalue weighted by atomic mass is 15.1. The first-order chi connectivity index (χ1) is 30.0. The molecule has 10 aromatic rings. The van der Waals surface area contributed by atoms with E-state index in [0.717, 1.165) is 66.4 Å². The molecule has 0 atom stereocenters. The molecule has 0 spiro atoms. The number of nitrogens with zero attached hydrogens (tertiary/aromatic N) is 5. The van der Waals surface area contributed by atoms with Gasteiger partial charge in [-0.25, -0.2) is 15.0 Å². The molecule has 2 heterocycles. The van der Waals surface area contributed by atoms with E-state index in [4.69, 9.17) is 15.0 Å². The lowest BCUT2D eigenvalue weighted by Crippen LogP contribution is -2.04. The lowest BCUT2D eigenvalue weighted by atomic mass is 9.98. The lowest BCUT2D eigenvalue weighted by molar-refractivity contribution is 1.06. The third-order valence-electron chi connectivity index (χ3n) is 11.2. The highest BCUT2D eigenvalue weighted by Crippen LogP contribution is 2.41. The highest BCUT2D eigenvalue weighted by molar-refractivity contribution is 6.12. The zero-order valence-corrected chi connectivity index (χ0v) is 34.6. The number of benzene rings is 8. The third kappa shape index (κ3) is 7.37. The molecule has 0 aliphatic carbocycles. The van der Waals surface area contributed by atoms with Gasteiger partial charge in [0, 0.05) is 27.5 Å². The fraction of sp³-hybridized carbons (Fsp3) is 0.0714. The fourth-order valence-electron chi connectivity index (χ4n) is 8.16. The maximum absolute atomic E-state index is 9.61. The Morgan fingerprint density at radius 1 is 0.393 bits per heavy atom. The number of hydrogen-bond donors (Lipinski definition) is 0. The predicted octanol–water partition coefficient (Wildman–Crippen LogP) is 14.5. The minimum absolute atomic E-state index is 0.569. The molecular formula is C56H43N5. The van der Waals surface area contributed by atoms with Crippen molar-refractivity contribution in [1.82, 2.24) is 19.5 Å². The molecule has 0 N–H and O–H groups in total. The van der Waals surface area contributed by atoms with Crippen molar-refractivity contribution in [1.29, 1.82) is 5.26 Å². The number of fused-ring (bicyclic) bond motifs is 3. The Balaban J connectivity index is 0.00000235. The van der Waals surface area contributed by atoms with Crippen molar-refractivity contribution in [2.45, 2.75) is 27.7 Å². The van der Waals surface area contributed by atoms with Gasteiger partial charge in [0.1, 0.15) is 0 Å². The van der Waals surface area contributed by atoms with Crippen LogP contribution < -0.4 is 0 Å². The van der Waals surface area contributed by atoms with Gasteiger partial charge in [-0.2, -0.15) is 5.26 Å². The second kappa shape index (κ2) is 16.7. The standard InChI is InChI=1S/C54H37N5.C2H6/c1-35-13-9-11-19-44(35)42-26-28-46-47-29-27-43(45-20-12-10-14-36(45)2)33-50(47)59(49(46)32-42)51-31-41(38-23-21-37(34-55)22-24-38)25-30-48(51)54-57-52(39-15-5-3-6-16-39)56-53(58-54)40-17-7-4-8-18-40;1-2/h3-33H,1-2H3;1-2H3. The molecule has 0 aliphatic heterocycles. The average molecular weight is 786 g/mol. The van der Waals surface area contributed by atoms with Crippen molar-refractivity contribution >= 4 is 21.8 Å². The molecule has 0 bridgehead atoms. The van der Waals surface area contributed by atoms with Crippen molar-refractivity contribution in [3.63, 3.8) is 0 Å². The van der Waals surface area contributed by atoms with E-state index in [1.54, 1.807) is 0 Å². The first kappa shape index (κ1) is 38.6. The third-order valence-corrected chi connectivity index (χ3v) is 11.2. The van der Waals surface area contributed by atoms with Crippen molar-refractivity contribution in [2.24, 2.45) is 0 Å². The van der Waals surface area contributed by atoms with Gasteiger partial charge in [0.25, 0.3) is 0 Å². The topological polar surface area (TPSA) is 67.4 Å². The number of aromatic nitrogens is 4. The van der Waals surface area contributed by atoms with E-state index in [-0.39, 0.29) is 0 Å². The van der Waals surface area contributed by atoms with Crippen molar-refractivity contribution < 1.29 is 0 Å². The summed E-state index contributed by atoms with van der Waals surface area (Å²) in [6.45, 7) is 8.33. The van der Waals surface area contributed by atoms with Crippen molar-refractivity contribution in [3.05, 3.63) is 205 Å². The summed E-state index contributed by atoms with van der Waals surface area (Å²) in [6, 6.07) is 67.5. The Kier molecular flexibility index (Phi) is 10.6. The Bertz CT molecular complexity index is 3070. The van der Waals surface area contributed by atoms with Gasteiger partial charge in [-0.15, -0.1) is 0 Å². The van der Waals surface area contributed by atoms with Crippen molar-refractivity contribution in [2.75, 3.05) is 0 Å². The molecular weight excluding hydrogens is 743 g/mol. The molecule has 5 heteroatoms. The molecule has 0 fully saturated rings. The van der Waals surface area contributed by atoms with E-state index in [1.807, 2.05) is 98.8 Å². The second-order valence-corrected chi connectivity index (χ2v) is 14.9. The molecule has 10 rings (SSSR count). The predicted molar refractivity (Wildman–Crippen MR) is 252 cm³/mol. The Morgan fingerprint density at radius 2 is 0.836 bits per heavy atom. The van der Waals surface area contributed by atoms with E-state index in [0.29, 0.717) is 23.0 Å². The smallest absolute Gasteiger partial charge is 0.166 e. The molecule has 61 heavy (non-hydrogen) atoms. The van der Waals surface area contributed by atoms with Crippen molar-refractivity contribution in [3.8, 4) is 79.3 Å². The van der Waals surface area contributed by atoms with Gasteiger partial charge in [-0.3, -0.25) is 0 Å². The molecule has 0 unspecified atom stereocenters. The fourth-order valence-corrected chi connectivity index (χ4v) is 8.16. The number of nitriles is 1. The van der Waals surface area contributed by atoms with Crippen LogP contribution in [0, 0.1) is 25.2 Å². The van der Waals surface area contributed by atoms with Gasteiger partial charge in [0.2, 0.25) is 0 Å². The number of rotatable bonds is 7. The molecule has 0 amide bonds. The van der Waals surface area contributed by atoms with Crippen LogP contribution >= 0.6 is 0 Å². The largest absolute Gasteiger partial charge is 0.308 e. The van der Waals surface area contributed by atoms with E-state index in [9.17, 15) is 5.26 Å². The first-order valence-corrected chi connectivity index (χ1v) is 20.7. The molecule has 0 aliphatic rings.